The van der Waals surface area contributed by atoms with E-state index in [1.807, 2.05) is 12.1 Å². The van der Waals surface area contributed by atoms with Crippen LogP contribution in [0.15, 0.2) is 42.5 Å². The summed E-state index contributed by atoms with van der Waals surface area (Å²) in [6.07, 6.45) is 2.22. The Bertz CT molecular complexity index is 590. The van der Waals surface area contributed by atoms with Crippen molar-refractivity contribution in [3.8, 4) is 11.1 Å². The maximum atomic E-state index is 13.9. The van der Waals surface area contributed by atoms with Gasteiger partial charge in [-0.05, 0) is 35.2 Å². The molecule has 2 rings (SSSR count). The summed E-state index contributed by atoms with van der Waals surface area (Å²) in [6.45, 7) is 6.87. The zero-order chi connectivity index (χ0) is 15.2. The molecule has 112 valence electrons. The Hall–Kier alpha value is -1.67. The van der Waals surface area contributed by atoms with Gasteiger partial charge in [0.15, 0.2) is 0 Å². The number of aryl methyl sites for hydroxylation is 1. The molecule has 0 spiro atoms. The number of rotatable bonds is 6. The molecule has 0 amide bonds. The number of nitrogens with one attached hydrogen (secondary N) is 1. The van der Waals surface area contributed by atoms with Gasteiger partial charge in [0.25, 0.3) is 0 Å². The van der Waals surface area contributed by atoms with E-state index in [-0.39, 0.29) is 5.82 Å². The van der Waals surface area contributed by atoms with E-state index in [0.717, 1.165) is 29.5 Å². The molecule has 0 aliphatic rings. The summed E-state index contributed by atoms with van der Waals surface area (Å²) in [5.74, 6) is -0.142. The van der Waals surface area contributed by atoms with Crippen LogP contribution in [-0.2, 0) is 13.0 Å². The van der Waals surface area contributed by atoms with Gasteiger partial charge in [0.1, 0.15) is 5.82 Å². The smallest absolute Gasteiger partial charge is 0.127 e. The molecule has 2 heteroatoms. The first-order chi connectivity index (χ1) is 10.1. The second-order valence-electron chi connectivity index (χ2n) is 5.79. The fourth-order valence-electron chi connectivity index (χ4n) is 2.40. The number of hydrogen-bond acceptors (Lipinski definition) is 1. The largest absolute Gasteiger partial charge is 0.310 e. The lowest BCUT2D eigenvalue weighted by atomic mass is 9.99. The average molecular weight is 285 g/mol. The highest BCUT2D eigenvalue weighted by molar-refractivity contribution is 5.65. The van der Waals surface area contributed by atoms with Crippen LogP contribution in [0.25, 0.3) is 11.1 Å². The van der Waals surface area contributed by atoms with Gasteiger partial charge in [-0.1, -0.05) is 57.5 Å². The number of hydrogen-bond donors (Lipinski definition) is 1. The van der Waals surface area contributed by atoms with Crippen LogP contribution >= 0.6 is 0 Å². The Labute approximate surface area is 127 Å². The second-order valence-corrected chi connectivity index (χ2v) is 5.79. The molecular weight excluding hydrogens is 261 g/mol. The quantitative estimate of drug-likeness (QED) is 0.792. The minimum absolute atomic E-state index is 0.142. The molecule has 0 atom stereocenters. The molecule has 0 radical (unpaired) electrons. The zero-order valence-corrected chi connectivity index (χ0v) is 13.1. The van der Waals surface area contributed by atoms with Crippen LogP contribution in [0.2, 0.25) is 0 Å². The van der Waals surface area contributed by atoms with Crippen molar-refractivity contribution in [2.45, 2.75) is 46.2 Å². The second kappa shape index (κ2) is 7.37. The highest BCUT2D eigenvalue weighted by Crippen LogP contribution is 2.23. The van der Waals surface area contributed by atoms with Crippen LogP contribution in [0.4, 0.5) is 4.39 Å². The van der Waals surface area contributed by atoms with Gasteiger partial charge in [-0.15, -0.1) is 0 Å². The first kappa shape index (κ1) is 15.7. The Balaban J connectivity index is 2.27. The normalized spacial score (nSPS) is 11.1. The van der Waals surface area contributed by atoms with E-state index in [1.165, 1.54) is 5.56 Å². The summed E-state index contributed by atoms with van der Waals surface area (Å²) in [4.78, 5) is 0. The Morgan fingerprint density at radius 2 is 1.81 bits per heavy atom. The van der Waals surface area contributed by atoms with Crippen LogP contribution in [0.1, 0.15) is 38.3 Å². The average Bonchev–Trinajstić information content (AvgIpc) is 2.47. The maximum Gasteiger partial charge on any atom is 0.127 e. The van der Waals surface area contributed by atoms with E-state index in [2.05, 4.69) is 50.4 Å². The lowest BCUT2D eigenvalue weighted by molar-refractivity contribution is 0.553. The molecular formula is C19H24FN. The van der Waals surface area contributed by atoms with Crippen LogP contribution in [0.5, 0.6) is 0 Å². The summed E-state index contributed by atoms with van der Waals surface area (Å²) in [5.41, 5.74) is 4.30. The van der Waals surface area contributed by atoms with Crippen molar-refractivity contribution in [2.75, 3.05) is 0 Å². The van der Waals surface area contributed by atoms with Crippen molar-refractivity contribution in [3.63, 3.8) is 0 Å². The highest BCUT2D eigenvalue weighted by atomic mass is 19.1. The third-order valence-electron chi connectivity index (χ3n) is 3.55. The minimum atomic E-state index is -0.142. The molecule has 0 aliphatic carbocycles. The molecule has 1 nitrogen and oxygen atoms in total. The summed E-state index contributed by atoms with van der Waals surface area (Å²) in [7, 11) is 0. The number of halogens is 1. The molecule has 0 saturated carbocycles. The molecule has 21 heavy (non-hydrogen) atoms. The molecule has 2 aromatic carbocycles. The van der Waals surface area contributed by atoms with E-state index < -0.39 is 0 Å². The molecule has 0 aliphatic heterocycles. The molecule has 1 N–H and O–H groups in total. The zero-order valence-electron chi connectivity index (χ0n) is 13.1. The van der Waals surface area contributed by atoms with Gasteiger partial charge >= 0.3 is 0 Å². The summed E-state index contributed by atoms with van der Waals surface area (Å²) in [6, 6.07) is 14.3. The van der Waals surface area contributed by atoms with Gasteiger partial charge in [0.05, 0.1) is 0 Å². The van der Waals surface area contributed by atoms with Crippen molar-refractivity contribution in [2.24, 2.45) is 0 Å². The molecule has 0 bridgehead atoms. The highest BCUT2D eigenvalue weighted by Gasteiger charge is 2.06. The molecule has 0 aromatic heterocycles. The van der Waals surface area contributed by atoms with E-state index in [0.29, 0.717) is 12.6 Å². The maximum absolute atomic E-state index is 13.9. The topological polar surface area (TPSA) is 12.0 Å². The third-order valence-corrected chi connectivity index (χ3v) is 3.55. The Morgan fingerprint density at radius 3 is 2.52 bits per heavy atom. The van der Waals surface area contributed by atoms with E-state index >= 15 is 0 Å². The predicted octanol–water partition coefficient (Wildman–Crippen LogP) is 4.94. The fourth-order valence-corrected chi connectivity index (χ4v) is 2.40. The summed E-state index contributed by atoms with van der Waals surface area (Å²) in [5, 5.41) is 3.27. The standard InChI is InChI=1S/C19H24FN/c1-4-6-15-7-5-8-16(11-15)17-9-10-19(20)18(12-17)13-21-14(2)3/h5,7-12,14,21H,4,6,13H2,1-3H3. The van der Waals surface area contributed by atoms with E-state index in [9.17, 15) is 4.39 Å². The van der Waals surface area contributed by atoms with Gasteiger partial charge < -0.3 is 5.32 Å². The van der Waals surface area contributed by atoms with Gasteiger partial charge in [0.2, 0.25) is 0 Å². The summed E-state index contributed by atoms with van der Waals surface area (Å²) < 4.78 is 13.9. The van der Waals surface area contributed by atoms with Crippen molar-refractivity contribution < 1.29 is 4.39 Å². The van der Waals surface area contributed by atoms with E-state index in [4.69, 9.17) is 0 Å². The molecule has 0 fully saturated rings. The number of benzene rings is 2. The van der Waals surface area contributed by atoms with Gasteiger partial charge in [0, 0.05) is 18.2 Å². The first-order valence-electron chi connectivity index (χ1n) is 7.71. The van der Waals surface area contributed by atoms with Gasteiger partial charge in [-0.2, -0.15) is 0 Å². The first-order valence-corrected chi connectivity index (χ1v) is 7.71. The van der Waals surface area contributed by atoms with E-state index in [1.54, 1.807) is 6.07 Å². The van der Waals surface area contributed by atoms with Crippen LogP contribution < -0.4 is 5.32 Å². The fraction of sp³-hybridized carbons (Fsp3) is 0.368. The SMILES string of the molecule is CCCc1cccc(-c2ccc(F)c(CNC(C)C)c2)c1. The lowest BCUT2D eigenvalue weighted by Crippen LogP contribution is -2.22. The molecule has 0 saturated heterocycles. The Kier molecular flexibility index (Phi) is 5.51. The van der Waals surface area contributed by atoms with Crippen molar-refractivity contribution in [3.05, 3.63) is 59.4 Å². The Morgan fingerprint density at radius 1 is 1.05 bits per heavy atom. The van der Waals surface area contributed by atoms with Crippen LogP contribution in [0, 0.1) is 5.82 Å². The summed E-state index contributed by atoms with van der Waals surface area (Å²) >= 11 is 0. The monoisotopic (exact) mass is 285 g/mol. The van der Waals surface area contributed by atoms with Crippen molar-refractivity contribution in [1.29, 1.82) is 0 Å². The van der Waals surface area contributed by atoms with Crippen molar-refractivity contribution >= 4 is 0 Å². The van der Waals surface area contributed by atoms with Crippen LogP contribution in [-0.4, -0.2) is 6.04 Å². The van der Waals surface area contributed by atoms with Gasteiger partial charge in [-0.3, -0.25) is 0 Å². The van der Waals surface area contributed by atoms with Gasteiger partial charge in [-0.25, -0.2) is 4.39 Å². The minimum Gasteiger partial charge on any atom is -0.310 e. The lowest BCUT2D eigenvalue weighted by Gasteiger charge is -2.11. The predicted molar refractivity (Wildman–Crippen MR) is 87.8 cm³/mol. The van der Waals surface area contributed by atoms with Crippen LogP contribution in [0.3, 0.4) is 0 Å². The third kappa shape index (κ3) is 4.40. The molecule has 0 unspecified atom stereocenters. The molecule has 0 heterocycles. The van der Waals surface area contributed by atoms with Crippen molar-refractivity contribution in [1.82, 2.24) is 5.32 Å². The molecule has 2 aromatic rings.